The number of likely N-dealkylation sites (N-methyl/N-ethyl adjacent to an activating group) is 1. The highest BCUT2D eigenvalue weighted by Gasteiger charge is 2.33. The van der Waals surface area contributed by atoms with E-state index in [0.717, 1.165) is 62.5 Å². The molecule has 2 aromatic carbocycles. The molecule has 2 fully saturated rings. The van der Waals surface area contributed by atoms with Gasteiger partial charge in [-0.15, -0.1) is 0 Å². The molecular formula is C45H64N4O9. The van der Waals surface area contributed by atoms with E-state index in [0.29, 0.717) is 31.8 Å². The maximum absolute atomic E-state index is 14.0. The molecule has 13 nitrogen and oxygen atoms in total. The van der Waals surface area contributed by atoms with Crippen molar-refractivity contribution in [1.29, 1.82) is 0 Å². The number of hydrogen-bond donors (Lipinski definition) is 2. The van der Waals surface area contributed by atoms with E-state index in [-0.39, 0.29) is 50.6 Å². The summed E-state index contributed by atoms with van der Waals surface area (Å²) in [4.78, 5) is 83.0. The van der Waals surface area contributed by atoms with Gasteiger partial charge < -0.3 is 34.6 Å². The van der Waals surface area contributed by atoms with Crippen LogP contribution >= 0.6 is 0 Å². The lowest BCUT2D eigenvalue weighted by Gasteiger charge is -2.33. The fraction of sp³-hybridized carbons (Fsp3) is 0.600. The molecule has 0 aromatic heterocycles. The van der Waals surface area contributed by atoms with E-state index in [1.165, 1.54) is 4.90 Å². The second-order valence-corrected chi connectivity index (χ2v) is 16.6. The van der Waals surface area contributed by atoms with E-state index in [4.69, 9.17) is 14.2 Å². The summed E-state index contributed by atoms with van der Waals surface area (Å²) >= 11 is 0. The number of piperidine rings is 1. The molecule has 58 heavy (non-hydrogen) atoms. The summed E-state index contributed by atoms with van der Waals surface area (Å²) in [6, 6.07) is 16.0. The summed E-state index contributed by atoms with van der Waals surface area (Å²) in [6.07, 6.45) is 8.02. The topological polar surface area (TPSA) is 161 Å². The van der Waals surface area contributed by atoms with Crippen molar-refractivity contribution in [3.63, 3.8) is 0 Å². The van der Waals surface area contributed by atoms with Crippen molar-refractivity contribution in [1.82, 2.24) is 20.4 Å². The molecular weight excluding hydrogens is 741 g/mol. The minimum absolute atomic E-state index is 0.0148. The number of nitrogens with one attached hydrogen (secondary N) is 2. The summed E-state index contributed by atoms with van der Waals surface area (Å²) < 4.78 is 16.6. The second kappa shape index (κ2) is 23.5. The summed E-state index contributed by atoms with van der Waals surface area (Å²) in [6.45, 7) is 8.53. The van der Waals surface area contributed by atoms with Gasteiger partial charge in [0.2, 0.25) is 17.7 Å². The molecule has 2 aliphatic rings. The fourth-order valence-electron chi connectivity index (χ4n) is 7.47. The van der Waals surface area contributed by atoms with Crippen LogP contribution in [0.4, 0.5) is 4.79 Å². The molecule has 0 unspecified atom stereocenters. The standard InChI is InChI=1S/C45H64N4O9/c1-5-48(40(51)23-15-22-33-24-26-49(27-25-33)44(55)58-45(2,3)4)30-39(50)46-37(29-41(52)56-31-35-18-11-7-12-19-35)42(53)47-38(28-34-16-9-6-10-17-34)43(54)57-32-36-20-13-8-14-21-36/h7-8,11-14,18-21,33-34,37-38H,5-6,9-10,15-17,22-32H2,1-4H3,(H,46,50)(H,47,53)/t37-,38-/m0/s1. The maximum Gasteiger partial charge on any atom is 0.410 e. The van der Waals surface area contributed by atoms with Gasteiger partial charge in [-0.05, 0) is 82.8 Å². The molecule has 1 heterocycles. The second-order valence-electron chi connectivity index (χ2n) is 16.6. The van der Waals surface area contributed by atoms with Crippen LogP contribution in [0, 0.1) is 11.8 Å². The van der Waals surface area contributed by atoms with Crippen molar-refractivity contribution >= 4 is 35.8 Å². The van der Waals surface area contributed by atoms with Gasteiger partial charge in [-0.3, -0.25) is 19.2 Å². The third-order valence-corrected chi connectivity index (χ3v) is 10.7. The number of hydrogen-bond acceptors (Lipinski definition) is 9. The van der Waals surface area contributed by atoms with Crippen LogP contribution in [0.5, 0.6) is 0 Å². The molecule has 0 radical (unpaired) electrons. The Bertz CT molecular complexity index is 1620. The summed E-state index contributed by atoms with van der Waals surface area (Å²) in [5.74, 6) is -2.23. The fourth-order valence-corrected chi connectivity index (χ4v) is 7.47. The largest absolute Gasteiger partial charge is 0.461 e. The lowest BCUT2D eigenvalue weighted by atomic mass is 9.84. The number of esters is 2. The van der Waals surface area contributed by atoms with Gasteiger partial charge in [-0.25, -0.2) is 9.59 Å². The van der Waals surface area contributed by atoms with Gasteiger partial charge in [-0.1, -0.05) is 92.8 Å². The van der Waals surface area contributed by atoms with E-state index >= 15 is 0 Å². The Morgan fingerprint density at radius 1 is 0.776 bits per heavy atom. The molecule has 1 aliphatic carbocycles. The first-order valence-corrected chi connectivity index (χ1v) is 21.0. The Hall–Kier alpha value is -4.94. The van der Waals surface area contributed by atoms with Crippen LogP contribution in [0.3, 0.4) is 0 Å². The van der Waals surface area contributed by atoms with Crippen molar-refractivity contribution in [3.05, 3.63) is 71.8 Å². The van der Waals surface area contributed by atoms with Gasteiger partial charge in [0, 0.05) is 26.1 Å². The van der Waals surface area contributed by atoms with Crippen LogP contribution in [0.2, 0.25) is 0 Å². The Kier molecular flexibility index (Phi) is 18.5. The van der Waals surface area contributed by atoms with Gasteiger partial charge in [0.05, 0.1) is 13.0 Å². The average Bonchev–Trinajstić information content (AvgIpc) is 3.21. The Morgan fingerprint density at radius 3 is 1.97 bits per heavy atom. The van der Waals surface area contributed by atoms with Crippen molar-refractivity contribution in [2.24, 2.45) is 11.8 Å². The lowest BCUT2D eigenvalue weighted by Crippen LogP contribution is -2.54. The normalized spacial score (nSPS) is 16.0. The highest BCUT2D eigenvalue weighted by Crippen LogP contribution is 2.28. The van der Waals surface area contributed by atoms with E-state index in [9.17, 15) is 28.8 Å². The Balaban J connectivity index is 1.35. The summed E-state index contributed by atoms with van der Waals surface area (Å²) in [5, 5.41) is 5.47. The highest BCUT2D eigenvalue weighted by atomic mass is 16.6. The summed E-state index contributed by atoms with van der Waals surface area (Å²) in [5.41, 5.74) is 1.02. The van der Waals surface area contributed by atoms with E-state index < -0.39 is 47.9 Å². The Labute approximate surface area is 343 Å². The zero-order valence-electron chi connectivity index (χ0n) is 34.9. The number of benzene rings is 2. The molecule has 4 rings (SSSR count). The highest BCUT2D eigenvalue weighted by molar-refractivity contribution is 5.94. The molecule has 1 saturated carbocycles. The van der Waals surface area contributed by atoms with E-state index in [1.807, 2.05) is 81.4 Å². The number of rotatable bonds is 19. The first kappa shape index (κ1) is 45.8. The molecule has 0 spiro atoms. The first-order valence-electron chi connectivity index (χ1n) is 21.0. The third kappa shape index (κ3) is 16.5. The van der Waals surface area contributed by atoms with Crippen LogP contribution in [0.25, 0.3) is 0 Å². The smallest absolute Gasteiger partial charge is 0.410 e. The number of carbonyl (C=O) groups excluding carboxylic acids is 6. The number of carbonyl (C=O) groups is 6. The monoisotopic (exact) mass is 804 g/mol. The van der Waals surface area contributed by atoms with Gasteiger partial charge in [0.15, 0.2) is 0 Å². The maximum atomic E-state index is 14.0. The molecule has 4 amide bonds. The molecule has 318 valence electrons. The molecule has 1 aliphatic heterocycles. The van der Waals surface area contributed by atoms with Crippen molar-refractivity contribution < 1.29 is 43.0 Å². The Morgan fingerprint density at radius 2 is 1.38 bits per heavy atom. The molecule has 2 atom stereocenters. The van der Waals surface area contributed by atoms with E-state index in [2.05, 4.69) is 10.6 Å². The third-order valence-electron chi connectivity index (χ3n) is 10.7. The molecule has 1 saturated heterocycles. The van der Waals surface area contributed by atoms with Crippen LogP contribution in [-0.4, -0.2) is 89.4 Å². The van der Waals surface area contributed by atoms with Crippen molar-refractivity contribution in [3.8, 4) is 0 Å². The van der Waals surface area contributed by atoms with Gasteiger partial charge in [0.1, 0.15) is 30.9 Å². The number of amides is 4. The van der Waals surface area contributed by atoms with Crippen LogP contribution in [-0.2, 0) is 51.4 Å². The SMILES string of the molecule is CCN(CC(=O)N[C@@H](CC(=O)OCc1ccccc1)C(=O)N[C@@H](CC1CCCCC1)C(=O)OCc1ccccc1)C(=O)CCCC1CCN(C(=O)OC(C)(C)C)CC1. The zero-order chi connectivity index (χ0) is 41.9. The van der Waals surface area contributed by atoms with Crippen LogP contribution < -0.4 is 10.6 Å². The molecule has 0 bridgehead atoms. The van der Waals surface area contributed by atoms with Crippen molar-refractivity contribution in [2.75, 3.05) is 26.2 Å². The lowest BCUT2D eigenvalue weighted by molar-refractivity contribution is -0.150. The number of likely N-dealkylation sites (tertiary alicyclic amines) is 1. The molecule has 13 heteroatoms. The molecule has 2 N–H and O–H groups in total. The first-order chi connectivity index (χ1) is 27.8. The summed E-state index contributed by atoms with van der Waals surface area (Å²) in [7, 11) is 0. The minimum atomic E-state index is -1.37. The number of nitrogens with zero attached hydrogens (tertiary/aromatic N) is 2. The van der Waals surface area contributed by atoms with Gasteiger partial charge >= 0.3 is 18.0 Å². The molecule has 2 aromatic rings. The average molecular weight is 805 g/mol. The van der Waals surface area contributed by atoms with Crippen LogP contribution in [0.15, 0.2) is 60.7 Å². The van der Waals surface area contributed by atoms with E-state index in [1.54, 1.807) is 11.8 Å². The minimum Gasteiger partial charge on any atom is -0.461 e. The number of ether oxygens (including phenoxy) is 3. The van der Waals surface area contributed by atoms with Gasteiger partial charge in [-0.2, -0.15) is 0 Å². The zero-order valence-corrected chi connectivity index (χ0v) is 34.9. The predicted octanol–water partition coefficient (Wildman–Crippen LogP) is 6.47. The van der Waals surface area contributed by atoms with Crippen molar-refractivity contribution in [2.45, 2.75) is 136 Å². The van der Waals surface area contributed by atoms with Gasteiger partial charge in [0.25, 0.3) is 0 Å². The predicted molar refractivity (Wildman–Crippen MR) is 219 cm³/mol. The van der Waals surface area contributed by atoms with Crippen LogP contribution in [0.1, 0.15) is 116 Å². The quantitative estimate of drug-likeness (QED) is 0.120.